The Bertz CT molecular complexity index is 822. The van der Waals surface area contributed by atoms with Crippen molar-refractivity contribution in [2.24, 2.45) is 0 Å². The molecule has 2 aromatic rings. The molecule has 0 saturated heterocycles. The van der Waals surface area contributed by atoms with Crippen molar-refractivity contribution in [3.63, 3.8) is 0 Å². The first-order chi connectivity index (χ1) is 14.3. The Kier molecular flexibility index (Phi) is 9.10. The third kappa shape index (κ3) is 7.01. The van der Waals surface area contributed by atoms with Crippen molar-refractivity contribution >= 4 is 11.8 Å². The maximum Gasteiger partial charge on any atom is 0.242 e. The summed E-state index contributed by atoms with van der Waals surface area (Å²) in [6, 6.07) is 13.9. The van der Waals surface area contributed by atoms with Crippen LogP contribution in [0.15, 0.2) is 42.5 Å². The molecule has 30 heavy (non-hydrogen) atoms. The highest BCUT2D eigenvalue weighted by molar-refractivity contribution is 5.88. The fraction of sp³-hybridized carbons (Fsp3) is 0.462. The summed E-state index contributed by atoms with van der Waals surface area (Å²) < 4.78 is 0. The Labute approximate surface area is 181 Å². The number of carbonyl (C=O) groups is 2. The second kappa shape index (κ2) is 11.5. The van der Waals surface area contributed by atoms with Crippen LogP contribution < -0.4 is 5.32 Å². The maximum atomic E-state index is 13.4. The minimum Gasteiger partial charge on any atom is -0.354 e. The lowest BCUT2D eigenvalue weighted by molar-refractivity contribution is -0.140. The lowest BCUT2D eigenvalue weighted by Gasteiger charge is -2.31. The molecule has 0 aliphatic heterocycles. The van der Waals surface area contributed by atoms with Gasteiger partial charge in [-0.2, -0.15) is 0 Å². The van der Waals surface area contributed by atoms with Crippen LogP contribution in [0.4, 0.5) is 0 Å². The molecule has 0 spiro atoms. The lowest BCUT2D eigenvalue weighted by Crippen LogP contribution is -2.49. The number of aryl methyl sites for hydroxylation is 3. The van der Waals surface area contributed by atoms with E-state index < -0.39 is 6.04 Å². The fourth-order valence-corrected chi connectivity index (χ4v) is 3.76. The molecule has 0 aromatic heterocycles. The van der Waals surface area contributed by atoms with Gasteiger partial charge in [-0.15, -0.1) is 0 Å². The van der Waals surface area contributed by atoms with Gasteiger partial charge in [-0.05, 0) is 44.7 Å². The van der Waals surface area contributed by atoms with E-state index in [0.29, 0.717) is 25.9 Å². The number of benzene rings is 2. The van der Waals surface area contributed by atoms with Crippen molar-refractivity contribution in [2.75, 3.05) is 6.54 Å². The van der Waals surface area contributed by atoms with Crippen molar-refractivity contribution < 1.29 is 9.59 Å². The molecule has 2 amide bonds. The molecule has 4 nitrogen and oxygen atoms in total. The van der Waals surface area contributed by atoms with E-state index in [1.807, 2.05) is 52.0 Å². The van der Waals surface area contributed by atoms with E-state index in [9.17, 15) is 9.59 Å². The molecular weight excluding hydrogens is 372 g/mol. The quantitative estimate of drug-likeness (QED) is 0.570. The monoisotopic (exact) mass is 408 g/mol. The number of nitrogens with one attached hydrogen (secondary N) is 1. The lowest BCUT2D eigenvalue weighted by atomic mass is 10.0. The average Bonchev–Trinajstić information content (AvgIpc) is 2.68. The molecule has 0 unspecified atom stereocenters. The predicted molar refractivity (Wildman–Crippen MR) is 123 cm³/mol. The van der Waals surface area contributed by atoms with Gasteiger partial charge < -0.3 is 10.2 Å². The molecule has 0 bridgehead atoms. The van der Waals surface area contributed by atoms with E-state index in [1.54, 1.807) is 4.90 Å². The van der Waals surface area contributed by atoms with E-state index in [4.69, 9.17) is 0 Å². The molecule has 0 aliphatic carbocycles. The zero-order valence-corrected chi connectivity index (χ0v) is 19.1. The van der Waals surface area contributed by atoms with Crippen molar-refractivity contribution in [2.45, 2.75) is 72.9 Å². The third-order valence-electron chi connectivity index (χ3n) is 5.33. The molecule has 0 saturated carbocycles. The van der Waals surface area contributed by atoms with Gasteiger partial charge in [-0.25, -0.2) is 0 Å². The maximum absolute atomic E-state index is 13.4. The summed E-state index contributed by atoms with van der Waals surface area (Å²) in [5.74, 6) is -0.0788. The molecule has 0 radical (unpaired) electrons. The Morgan fingerprint density at radius 1 is 0.900 bits per heavy atom. The minimum absolute atomic E-state index is 0.0157. The van der Waals surface area contributed by atoms with Crippen LogP contribution >= 0.6 is 0 Å². The highest BCUT2D eigenvalue weighted by Gasteiger charge is 2.28. The van der Waals surface area contributed by atoms with Gasteiger partial charge in [-0.3, -0.25) is 9.59 Å². The number of hydrogen-bond acceptors (Lipinski definition) is 2. The van der Waals surface area contributed by atoms with Crippen LogP contribution in [0.1, 0.15) is 60.9 Å². The Hall–Kier alpha value is -2.62. The second-order valence-electron chi connectivity index (χ2n) is 8.25. The van der Waals surface area contributed by atoms with E-state index in [-0.39, 0.29) is 11.8 Å². The van der Waals surface area contributed by atoms with Gasteiger partial charge in [0.15, 0.2) is 0 Å². The Morgan fingerprint density at radius 2 is 1.53 bits per heavy atom. The van der Waals surface area contributed by atoms with Gasteiger partial charge in [-0.1, -0.05) is 79.4 Å². The van der Waals surface area contributed by atoms with Crippen LogP contribution in [0.25, 0.3) is 0 Å². The number of carbonyl (C=O) groups excluding carboxylic acids is 2. The topological polar surface area (TPSA) is 49.4 Å². The van der Waals surface area contributed by atoms with Crippen LogP contribution in [0, 0.1) is 20.8 Å². The van der Waals surface area contributed by atoms with Crippen molar-refractivity contribution in [1.82, 2.24) is 10.2 Å². The summed E-state index contributed by atoms with van der Waals surface area (Å²) in [4.78, 5) is 28.0. The number of rotatable bonds is 10. The molecule has 0 fully saturated rings. The summed E-state index contributed by atoms with van der Waals surface area (Å²) in [5, 5.41) is 3.01. The Morgan fingerprint density at radius 3 is 2.10 bits per heavy atom. The van der Waals surface area contributed by atoms with Crippen LogP contribution in [0.5, 0.6) is 0 Å². The predicted octanol–water partition coefficient (Wildman–Crippen LogP) is 4.88. The standard InChI is InChI=1S/C26H36N2O2/c1-6-8-13-27-26(30)24(7-2)28(18-22-11-9-19(3)10-12-22)25(29)17-23-15-20(4)14-21(5)16-23/h9-12,14-16,24H,6-8,13,17-18H2,1-5H3,(H,27,30)/t24-/m1/s1. The molecule has 0 heterocycles. The molecule has 1 N–H and O–H groups in total. The van der Waals surface area contributed by atoms with Gasteiger partial charge in [0.2, 0.25) is 11.8 Å². The average molecular weight is 409 g/mol. The van der Waals surface area contributed by atoms with Gasteiger partial charge in [0.05, 0.1) is 6.42 Å². The summed E-state index contributed by atoms with van der Waals surface area (Å²) in [7, 11) is 0. The number of hydrogen-bond donors (Lipinski definition) is 1. The van der Waals surface area contributed by atoms with Crippen molar-refractivity contribution in [1.29, 1.82) is 0 Å². The van der Waals surface area contributed by atoms with Crippen LogP contribution in [-0.2, 0) is 22.6 Å². The SMILES string of the molecule is CCCCNC(=O)[C@@H](CC)N(Cc1ccc(C)cc1)C(=O)Cc1cc(C)cc(C)c1. The smallest absolute Gasteiger partial charge is 0.242 e. The van der Waals surface area contributed by atoms with Gasteiger partial charge in [0, 0.05) is 13.1 Å². The molecule has 1 atom stereocenters. The largest absolute Gasteiger partial charge is 0.354 e. The highest BCUT2D eigenvalue weighted by Crippen LogP contribution is 2.17. The molecule has 2 aromatic carbocycles. The zero-order valence-electron chi connectivity index (χ0n) is 19.1. The van der Waals surface area contributed by atoms with Gasteiger partial charge >= 0.3 is 0 Å². The van der Waals surface area contributed by atoms with Crippen molar-refractivity contribution in [3.8, 4) is 0 Å². The van der Waals surface area contributed by atoms with E-state index in [1.165, 1.54) is 5.56 Å². The second-order valence-corrected chi connectivity index (χ2v) is 8.25. The van der Waals surface area contributed by atoms with E-state index >= 15 is 0 Å². The normalized spacial score (nSPS) is 11.8. The molecular formula is C26H36N2O2. The summed E-state index contributed by atoms with van der Waals surface area (Å²) in [6.45, 7) is 11.3. The summed E-state index contributed by atoms with van der Waals surface area (Å²) in [6.07, 6.45) is 2.85. The van der Waals surface area contributed by atoms with E-state index in [2.05, 4.69) is 30.4 Å². The minimum atomic E-state index is -0.471. The number of amides is 2. The number of unbranched alkanes of at least 4 members (excludes halogenated alkanes) is 1. The van der Waals surface area contributed by atoms with Crippen LogP contribution in [0.2, 0.25) is 0 Å². The molecule has 0 aliphatic rings. The number of nitrogens with zero attached hydrogens (tertiary/aromatic N) is 1. The summed E-state index contributed by atoms with van der Waals surface area (Å²) >= 11 is 0. The first-order valence-corrected chi connectivity index (χ1v) is 11.0. The third-order valence-corrected chi connectivity index (χ3v) is 5.33. The zero-order chi connectivity index (χ0) is 22.1. The first kappa shape index (κ1) is 23.7. The van der Waals surface area contributed by atoms with Gasteiger partial charge in [0.1, 0.15) is 6.04 Å². The fourth-order valence-electron chi connectivity index (χ4n) is 3.76. The highest BCUT2D eigenvalue weighted by atomic mass is 16.2. The van der Waals surface area contributed by atoms with Crippen LogP contribution in [0.3, 0.4) is 0 Å². The Balaban J connectivity index is 2.26. The van der Waals surface area contributed by atoms with Crippen molar-refractivity contribution in [3.05, 3.63) is 70.3 Å². The molecule has 4 heteroatoms. The van der Waals surface area contributed by atoms with E-state index in [0.717, 1.165) is 35.1 Å². The summed E-state index contributed by atoms with van der Waals surface area (Å²) in [5.41, 5.74) is 5.50. The molecule has 162 valence electrons. The molecule has 2 rings (SSSR count). The van der Waals surface area contributed by atoms with Gasteiger partial charge in [0.25, 0.3) is 0 Å². The first-order valence-electron chi connectivity index (χ1n) is 11.0. The van der Waals surface area contributed by atoms with Crippen LogP contribution in [-0.4, -0.2) is 29.3 Å².